The minimum Gasteiger partial charge on any atom is -0.479 e. The average Bonchev–Trinajstić information content (AvgIpc) is 3.44. The molecule has 47 heavy (non-hydrogen) atoms. The number of halogens is 1. The predicted molar refractivity (Wildman–Crippen MR) is 181 cm³/mol. The number of aliphatic hydroxyl groups is 2. The van der Waals surface area contributed by atoms with Crippen LogP contribution in [0, 0.1) is 9.25 Å². The zero-order chi connectivity index (χ0) is 34.3. The fourth-order valence-electron chi connectivity index (χ4n) is 5.01. The molecule has 5 rings (SSSR count). The first-order valence-electron chi connectivity index (χ1n) is 14.7. The van der Waals surface area contributed by atoms with Crippen LogP contribution in [0.1, 0.15) is 40.8 Å². The number of anilines is 1. The number of aliphatic hydroxyl groups excluding tert-OH is 1. The van der Waals surface area contributed by atoms with Gasteiger partial charge in [-0.15, -0.1) is 0 Å². The lowest BCUT2D eigenvalue weighted by Crippen LogP contribution is -2.45. The standard InChI is InChI=1S/C30H38IN6O9P/c1-16(25(39)43-15-29(2,3)4)36-47(41,46-19-13-9-11-17-10-7-8-12-18(17)19)44-14-20-22(38)30(5,40)26(45-20)37-23-21(33-27(37)31)24(42-6)35-28(32)34-23/h7-13,16,20,22,26,38,40H,14-15H2,1-6H3,(H,36,41)(H2,32,34,35)/t16-,20-,22?,26-,30-,47?/m1/s1. The van der Waals surface area contributed by atoms with Crippen molar-refractivity contribution in [3.8, 4) is 11.6 Å². The molecule has 3 heterocycles. The Balaban J connectivity index is 1.42. The molecule has 0 radical (unpaired) electrons. The van der Waals surface area contributed by atoms with Gasteiger partial charge in [0.15, 0.2) is 21.2 Å². The van der Waals surface area contributed by atoms with Crippen LogP contribution < -0.4 is 20.1 Å². The molecule has 1 saturated heterocycles. The van der Waals surface area contributed by atoms with E-state index in [1.165, 1.54) is 25.5 Å². The molecule has 15 nitrogen and oxygen atoms in total. The highest BCUT2D eigenvalue weighted by molar-refractivity contribution is 14.1. The van der Waals surface area contributed by atoms with Crippen molar-refractivity contribution in [1.29, 1.82) is 0 Å². The fraction of sp³-hybridized carbons (Fsp3) is 0.467. The number of nitrogens with zero attached hydrogens (tertiary/aromatic N) is 4. The molecule has 0 saturated carbocycles. The van der Waals surface area contributed by atoms with Gasteiger partial charge in [0.25, 0.3) is 0 Å². The number of nitrogens with one attached hydrogen (secondary N) is 1. The van der Waals surface area contributed by atoms with Crippen molar-refractivity contribution < 1.29 is 42.8 Å². The second-order valence-electron chi connectivity index (χ2n) is 12.6. The lowest BCUT2D eigenvalue weighted by atomic mass is 9.96. The number of hydrogen-bond acceptors (Lipinski definition) is 13. The van der Waals surface area contributed by atoms with E-state index in [1.54, 1.807) is 24.3 Å². The number of carbonyl (C=O) groups is 1. The van der Waals surface area contributed by atoms with Crippen molar-refractivity contribution in [2.75, 3.05) is 26.1 Å². The third-order valence-corrected chi connectivity index (χ3v) is 9.78. The Bertz CT molecular complexity index is 1830. The smallest absolute Gasteiger partial charge is 0.459 e. The molecule has 2 aromatic carbocycles. The van der Waals surface area contributed by atoms with Crippen molar-refractivity contribution in [2.24, 2.45) is 5.41 Å². The number of rotatable bonds is 11. The van der Waals surface area contributed by atoms with E-state index in [-0.39, 0.29) is 40.8 Å². The zero-order valence-electron chi connectivity index (χ0n) is 26.7. The number of aromatic nitrogens is 4. The van der Waals surface area contributed by atoms with Crippen LogP contribution in [0.25, 0.3) is 21.9 Å². The van der Waals surface area contributed by atoms with Gasteiger partial charge in [-0.05, 0) is 30.7 Å². The average molecular weight is 785 g/mol. The molecule has 2 aromatic heterocycles. The lowest BCUT2D eigenvalue weighted by molar-refractivity contribution is -0.148. The highest BCUT2D eigenvalue weighted by Crippen LogP contribution is 2.49. The number of imidazole rings is 1. The van der Waals surface area contributed by atoms with Crippen LogP contribution in [0.5, 0.6) is 11.6 Å². The summed E-state index contributed by atoms with van der Waals surface area (Å²) in [4.78, 5) is 25.6. The Morgan fingerprint density at radius 2 is 1.91 bits per heavy atom. The van der Waals surface area contributed by atoms with Gasteiger partial charge >= 0.3 is 13.7 Å². The van der Waals surface area contributed by atoms with Crippen molar-refractivity contribution in [2.45, 2.75) is 64.7 Å². The summed E-state index contributed by atoms with van der Waals surface area (Å²) in [6.07, 6.45) is -4.00. The summed E-state index contributed by atoms with van der Waals surface area (Å²) >= 11 is 1.93. The van der Waals surface area contributed by atoms with E-state index in [0.717, 1.165) is 5.39 Å². The molecule has 0 amide bonds. The Morgan fingerprint density at radius 1 is 1.21 bits per heavy atom. The normalized spacial score (nSPS) is 23.5. The van der Waals surface area contributed by atoms with Crippen LogP contribution >= 0.6 is 30.3 Å². The van der Waals surface area contributed by atoms with E-state index in [4.69, 9.17) is 29.0 Å². The molecule has 4 aromatic rings. The molecular formula is C30H38IN6O9P. The lowest BCUT2D eigenvalue weighted by Gasteiger charge is -2.28. The number of ether oxygens (including phenoxy) is 3. The first kappa shape index (κ1) is 35.2. The summed E-state index contributed by atoms with van der Waals surface area (Å²) in [5.74, 6) is -0.408. The number of carbonyl (C=O) groups excluding carboxylic acids is 1. The topological polar surface area (TPSA) is 202 Å². The predicted octanol–water partition coefficient (Wildman–Crippen LogP) is 3.96. The summed E-state index contributed by atoms with van der Waals surface area (Å²) in [5, 5.41) is 26.9. The van der Waals surface area contributed by atoms with Gasteiger partial charge in [0.05, 0.1) is 20.3 Å². The third-order valence-electron chi connectivity index (χ3n) is 7.39. The highest BCUT2D eigenvalue weighted by Gasteiger charge is 2.55. The van der Waals surface area contributed by atoms with Crippen LogP contribution in [0.4, 0.5) is 5.95 Å². The second kappa shape index (κ2) is 13.4. The summed E-state index contributed by atoms with van der Waals surface area (Å²) < 4.78 is 44.9. The van der Waals surface area contributed by atoms with Crippen molar-refractivity contribution >= 4 is 64.2 Å². The van der Waals surface area contributed by atoms with Gasteiger partial charge in [0.2, 0.25) is 11.8 Å². The Labute approximate surface area is 284 Å². The van der Waals surface area contributed by atoms with Gasteiger partial charge in [-0.3, -0.25) is 13.9 Å². The highest BCUT2D eigenvalue weighted by atomic mass is 127. The van der Waals surface area contributed by atoms with Crippen molar-refractivity contribution in [1.82, 2.24) is 24.6 Å². The first-order valence-corrected chi connectivity index (χ1v) is 17.3. The third kappa shape index (κ3) is 7.48. The number of benzene rings is 2. The summed E-state index contributed by atoms with van der Waals surface area (Å²) in [6, 6.07) is 11.4. The SMILES string of the molecule is COc1nc(N)nc2c1nc(I)n2[C@@H]1O[C@H](COP(=O)(N[C@H](C)C(=O)OCC(C)(C)C)Oc2cccc3ccccc23)C(O)[C@@]1(C)O. The zero-order valence-corrected chi connectivity index (χ0v) is 29.8. The van der Waals surface area contributed by atoms with Gasteiger partial charge in [-0.1, -0.05) is 57.2 Å². The number of hydrogen-bond donors (Lipinski definition) is 4. The van der Waals surface area contributed by atoms with E-state index in [9.17, 15) is 19.6 Å². The maximum absolute atomic E-state index is 14.4. The number of esters is 1. The molecule has 1 fully saturated rings. The molecular weight excluding hydrogens is 746 g/mol. The molecule has 6 atom stereocenters. The molecule has 0 spiro atoms. The number of fused-ring (bicyclic) bond motifs is 2. The van der Waals surface area contributed by atoms with E-state index < -0.39 is 50.4 Å². The second-order valence-corrected chi connectivity index (χ2v) is 15.3. The number of nitrogens with two attached hydrogens (primary N) is 1. The fourth-order valence-corrected chi connectivity index (χ4v) is 7.25. The number of methoxy groups -OCH3 is 1. The molecule has 17 heteroatoms. The Morgan fingerprint density at radius 3 is 2.62 bits per heavy atom. The van der Waals surface area contributed by atoms with Gasteiger partial charge in [0.1, 0.15) is 29.6 Å². The molecule has 1 aliphatic rings. The van der Waals surface area contributed by atoms with Crippen LogP contribution in [0.15, 0.2) is 42.5 Å². The van der Waals surface area contributed by atoms with Crippen molar-refractivity contribution in [3.63, 3.8) is 0 Å². The van der Waals surface area contributed by atoms with Gasteiger partial charge in [0, 0.05) is 28.0 Å². The van der Waals surface area contributed by atoms with Gasteiger partial charge in [-0.2, -0.15) is 15.1 Å². The maximum Gasteiger partial charge on any atom is 0.459 e. The van der Waals surface area contributed by atoms with Crippen molar-refractivity contribution in [3.05, 3.63) is 46.3 Å². The minimum absolute atomic E-state index is 0.0993. The molecule has 5 N–H and O–H groups in total. The molecule has 1 aliphatic heterocycles. The molecule has 0 bridgehead atoms. The number of nitrogen functional groups attached to an aromatic ring is 1. The van der Waals surface area contributed by atoms with E-state index in [2.05, 4.69) is 20.0 Å². The summed E-state index contributed by atoms with van der Waals surface area (Å²) in [5.41, 5.74) is 4.16. The maximum atomic E-state index is 14.4. The van der Waals surface area contributed by atoms with E-state index >= 15 is 0 Å². The van der Waals surface area contributed by atoms with Crippen LogP contribution in [-0.2, 0) is 23.4 Å². The molecule has 2 unspecified atom stereocenters. The first-order chi connectivity index (χ1) is 22.0. The summed E-state index contributed by atoms with van der Waals surface area (Å²) in [7, 11) is -2.98. The van der Waals surface area contributed by atoms with Crippen LogP contribution in [0.3, 0.4) is 0 Å². The van der Waals surface area contributed by atoms with Crippen LogP contribution in [0.2, 0.25) is 0 Å². The van der Waals surface area contributed by atoms with E-state index in [0.29, 0.717) is 9.22 Å². The minimum atomic E-state index is -4.38. The Kier molecular flexibility index (Phi) is 10.0. The largest absolute Gasteiger partial charge is 0.479 e. The monoisotopic (exact) mass is 784 g/mol. The van der Waals surface area contributed by atoms with E-state index in [1.807, 2.05) is 61.6 Å². The Hall–Kier alpha value is -3.12. The van der Waals surface area contributed by atoms with Gasteiger partial charge in [-0.25, -0.2) is 9.55 Å². The van der Waals surface area contributed by atoms with Crippen LogP contribution in [-0.4, -0.2) is 79.9 Å². The van der Waals surface area contributed by atoms with Gasteiger partial charge < -0.3 is 34.7 Å². The quantitative estimate of drug-likeness (QED) is 0.0737. The summed E-state index contributed by atoms with van der Waals surface area (Å²) in [6.45, 7) is 8.21. The molecule has 254 valence electrons. The molecule has 0 aliphatic carbocycles.